The Kier molecular flexibility index (Phi) is 6.62. The molecule has 2 amide bonds. The summed E-state index contributed by atoms with van der Waals surface area (Å²) in [5.41, 5.74) is 15.2. The first-order valence-corrected chi connectivity index (χ1v) is 12.8. The molecular weight excluding hydrogens is 596 g/mol. The fraction of sp³-hybridized carbons (Fsp3) is 0.273. The molecule has 10 N–H and O–H groups in total. The lowest BCUT2D eigenvalue weighted by molar-refractivity contribution is 0.0906. The molecule has 0 saturated heterocycles. The third-order valence-corrected chi connectivity index (χ3v) is 7.30. The van der Waals surface area contributed by atoms with Gasteiger partial charge < -0.3 is 42.0 Å². The maximum atomic E-state index is 12.8. The molecule has 0 aromatic carbocycles. The van der Waals surface area contributed by atoms with E-state index in [0.717, 1.165) is 26.0 Å². The van der Waals surface area contributed by atoms with Gasteiger partial charge in [0.2, 0.25) is 0 Å². The smallest absolute Gasteiger partial charge is 0.267 e. The molecule has 0 fully saturated rings. The molecule has 5 rings (SSSR count). The van der Waals surface area contributed by atoms with Crippen molar-refractivity contribution in [3.8, 4) is 0 Å². The van der Waals surface area contributed by atoms with Crippen LogP contribution in [0.2, 0.25) is 0 Å². The largest absolute Gasteiger partial charge is 0.369 e. The minimum absolute atomic E-state index is 0.0649. The van der Waals surface area contributed by atoms with E-state index in [-0.39, 0.29) is 35.5 Å². The Morgan fingerprint density at radius 2 is 1.61 bits per heavy atom. The van der Waals surface area contributed by atoms with Crippen LogP contribution in [0.5, 0.6) is 0 Å². The van der Waals surface area contributed by atoms with Crippen molar-refractivity contribution in [3.05, 3.63) is 68.1 Å². The maximum Gasteiger partial charge on any atom is 0.267 e. The fourth-order valence-corrected chi connectivity index (χ4v) is 5.45. The van der Waals surface area contributed by atoms with Gasteiger partial charge in [0.25, 0.3) is 11.8 Å². The highest BCUT2D eigenvalue weighted by molar-refractivity contribution is 9.10. The number of hydrogen-bond donors (Lipinski definition) is 8. The average molecular weight is 620 g/mol. The Morgan fingerprint density at radius 3 is 2.17 bits per heavy atom. The summed E-state index contributed by atoms with van der Waals surface area (Å²) in [6.07, 6.45) is 5.65. The van der Waals surface area contributed by atoms with Crippen molar-refractivity contribution in [1.29, 1.82) is 0 Å². The van der Waals surface area contributed by atoms with E-state index in [1.54, 1.807) is 30.7 Å². The lowest BCUT2D eigenvalue weighted by Gasteiger charge is -2.37. The van der Waals surface area contributed by atoms with Crippen molar-refractivity contribution in [1.82, 2.24) is 40.5 Å². The number of carbonyl (C=O) groups is 2. The van der Waals surface area contributed by atoms with E-state index in [4.69, 9.17) is 11.5 Å². The minimum atomic E-state index is -0.288. The molecule has 0 radical (unpaired) electrons. The molecule has 3 atom stereocenters. The first-order valence-electron chi connectivity index (χ1n) is 11.2. The molecule has 12 nitrogen and oxygen atoms in total. The molecule has 0 spiro atoms. The third kappa shape index (κ3) is 4.91. The second-order valence-corrected chi connectivity index (χ2v) is 10.5. The highest BCUT2D eigenvalue weighted by atomic mass is 79.9. The number of nitrogens with zero attached hydrogens (tertiary/aromatic N) is 2. The highest BCUT2D eigenvalue weighted by Gasteiger charge is 2.41. The quantitative estimate of drug-likeness (QED) is 0.156. The number of rotatable bonds is 7. The molecule has 188 valence electrons. The van der Waals surface area contributed by atoms with Gasteiger partial charge in [-0.3, -0.25) is 9.59 Å². The predicted molar refractivity (Wildman–Crippen MR) is 140 cm³/mol. The summed E-state index contributed by atoms with van der Waals surface area (Å²) in [6, 6.07) is 3.42. The van der Waals surface area contributed by atoms with Gasteiger partial charge in [0.15, 0.2) is 11.9 Å². The predicted octanol–water partition coefficient (Wildman–Crippen LogP) is 2.26. The van der Waals surface area contributed by atoms with Gasteiger partial charge in [0.05, 0.1) is 11.9 Å². The molecule has 0 bridgehead atoms. The Labute approximate surface area is 222 Å². The standard InChI is InChI=1S/C22H24Br2N10O2/c23-10-2-14(27-5-10)19(35)29-4-9-1-13-18(34-22(26)32-13)17(16-8-31-21(25)33-16)12(9)7-30-20(36)15-3-11(24)6-28-15/h2-3,5-6,8-9,12,17,27-28H,1,4,7H2,(H,29,35)(H,30,36)(H3,25,31,33)(H3,26,32,34)/t9-,12-,17-/m0/s1. The number of anilines is 2. The molecule has 4 aromatic heterocycles. The van der Waals surface area contributed by atoms with Crippen LogP contribution in [-0.2, 0) is 6.42 Å². The third-order valence-electron chi connectivity index (χ3n) is 6.38. The van der Waals surface area contributed by atoms with Crippen molar-refractivity contribution in [2.24, 2.45) is 11.8 Å². The topological polar surface area (TPSA) is 199 Å². The van der Waals surface area contributed by atoms with Gasteiger partial charge in [0.1, 0.15) is 11.4 Å². The average Bonchev–Trinajstić information content (AvgIpc) is 3.63. The Bertz CT molecular complexity index is 1400. The number of fused-ring (bicyclic) bond motifs is 1. The summed E-state index contributed by atoms with van der Waals surface area (Å²) in [7, 11) is 0. The maximum absolute atomic E-state index is 12.8. The number of aromatic nitrogens is 6. The summed E-state index contributed by atoms with van der Waals surface area (Å²) in [4.78, 5) is 46.4. The highest BCUT2D eigenvalue weighted by Crippen LogP contribution is 2.42. The van der Waals surface area contributed by atoms with Crippen LogP contribution < -0.4 is 22.1 Å². The van der Waals surface area contributed by atoms with E-state index in [1.165, 1.54) is 0 Å². The molecule has 0 unspecified atom stereocenters. The van der Waals surface area contributed by atoms with E-state index >= 15 is 0 Å². The van der Waals surface area contributed by atoms with Crippen LogP contribution in [0.3, 0.4) is 0 Å². The Morgan fingerprint density at radius 1 is 0.972 bits per heavy atom. The van der Waals surface area contributed by atoms with Crippen molar-refractivity contribution in [2.45, 2.75) is 12.3 Å². The normalized spacial score (nSPS) is 19.1. The molecule has 1 aliphatic rings. The molecule has 0 aliphatic heterocycles. The van der Waals surface area contributed by atoms with E-state index in [9.17, 15) is 9.59 Å². The summed E-state index contributed by atoms with van der Waals surface area (Å²) in [6.45, 7) is 0.683. The van der Waals surface area contributed by atoms with Gasteiger partial charge >= 0.3 is 0 Å². The monoisotopic (exact) mass is 618 g/mol. The lowest BCUT2D eigenvalue weighted by atomic mass is 9.71. The van der Waals surface area contributed by atoms with Crippen molar-refractivity contribution in [2.75, 3.05) is 24.6 Å². The molecule has 4 aromatic rings. The number of aromatic amines is 4. The molecular formula is C22H24Br2N10O2. The zero-order valence-corrected chi connectivity index (χ0v) is 22.0. The lowest BCUT2D eigenvalue weighted by Crippen LogP contribution is -2.44. The van der Waals surface area contributed by atoms with Crippen LogP contribution in [-0.4, -0.2) is 54.8 Å². The fourth-order valence-electron chi connectivity index (χ4n) is 4.76. The number of imidazole rings is 2. The minimum Gasteiger partial charge on any atom is -0.369 e. The van der Waals surface area contributed by atoms with Gasteiger partial charge in [-0.15, -0.1) is 0 Å². The van der Waals surface area contributed by atoms with Crippen LogP contribution in [0.25, 0.3) is 0 Å². The SMILES string of the molecule is Nc1ncc([C@H]2c3nc(N)[nH]c3C[C@@H](CNC(=O)c3cc(Br)c[nH]3)[C@@H]2CNC(=O)c2cc(Br)c[nH]2)[nH]1. The van der Waals surface area contributed by atoms with Crippen molar-refractivity contribution >= 4 is 55.6 Å². The van der Waals surface area contributed by atoms with E-state index in [2.05, 4.69) is 72.4 Å². The first kappa shape index (κ1) is 24.2. The number of H-pyrrole nitrogens is 4. The molecule has 36 heavy (non-hydrogen) atoms. The van der Waals surface area contributed by atoms with Crippen LogP contribution in [0, 0.1) is 11.8 Å². The van der Waals surface area contributed by atoms with Crippen LogP contribution in [0.15, 0.2) is 39.7 Å². The van der Waals surface area contributed by atoms with Gasteiger partial charge in [-0.1, -0.05) is 0 Å². The number of nitrogens with one attached hydrogen (secondary N) is 6. The van der Waals surface area contributed by atoms with Crippen molar-refractivity contribution < 1.29 is 9.59 Å². The van der Waals surface area contributed by atoms with Gasteiger partial charge in [-0.2, -0.15) is 0 Å². The van der Waals surface area contributed by atoms with Gasteiger partial charge in [-0.25, -0.2) is 9.97 Å². The number of hydrogen-bond acceptors (Lipinski definition) is 6. The Hall–Kier alpha value is -3.52. The number of carbonyl (C=O) groups excluding carboxylic acids is 2. The van der Waals surface area contributed by atoms with Gasteiger partial charge in [0, 0.05) is 51.7 Å². The summed E-state index contributed by atoms with van der Waals surface area (Å²) < 4.78 is 1.57. The number of nitrogen functional groups attached to an aromatic ring is 2. The van der Waals surface area contributed by atoms with Gasteiger partial charge in [-0.05, 0) is 62.2 Å². The van der Waals surface area contributed by atoms with E-state index in [0.29, 0.717) is 36.8 Å². The van der Waals surface area contributed by atoms with Crippen LogP contribution >= 0.6 is 31.9 Å². The summed E-state index contributed by atoms with van der Waals surface area (Å²) in [5, 5.41) is 6.05. The molecule has 1 aliphatic carbocycles. The van der Waals surface area contributed by atoms with E-state index < -0.39 is 0 Å². The molecule has 4 heterocycles. The summed E-state index contributed by atoms with van der Waals surface area (Å²) in [5.74, 6) is -0.390. The first-order chi connectivity index (χ1) is 17.3. The number of nitrogens with two attached hydrogens (primary N) is 2. The van der Waals surface area contributed by atoms with Crippen LogP contribution in [0.1, 0.15) is 44.0 Å². The molecule has 0 saturated carbocycles. The van der Waals surface area contributed by atoms with Crippen LogP contribution in [0.4, 0.5) is 11.9 Å². The van der Waals surface area contributed by atoms with Crippen molar-refractivity contribution in [3.63, 3.8) is 0 Å². The number of amides is 2. The summed E-state index contributed by atoms with van der Waals surface area (Å²) >= 11 is 6.70. The second-order valence-electron chi connectivity index (χ2n) is 8.70. The Balaban J connectivity index is 1.43. The van der Waals surface area contributed by atoms with E-state index in [1.807, 2.05) is 0 Å². The number of halogens is 2. The molecule has 14 heteroatoms. The second kappa shape index (κ2) is 9.85. The zero-order valence-electron chi connectivity index (χ0n) is 18.9. The zero-order chi connectivity index (χ0) is 25.4.